The molecule has 1 atom stereocenters. The number of carboxylic acid groups (broad SMARTS) is 1. The van der Waals surface area contributed by atoms with E-state index >= 15 is 0 Å². The highest BCUT2D eigenvalue weighted by Crippen LogP contribution is 2.12. The van der Waals surface area contributed by atoms with Crippen molar-refractivity contribution in [1.29, 1.82) is 0 Å². The predicted octanol–water partition coefficient (Wildman–Crippen LogP) is 2.42. The Morgan fingerprint density at radius 2 is 1.91 bits per heavy atom. The van der Waals surface area contributed by atoms with Crippen LogP contribution in [0.2, 0.25) is 0 Å². The molecule has 6 heteroatoms. The highest BCUT2D eigenvalue weighted by molar-refractivity contribution is 5.85. The molecule has 6 nitrogen and oxygen atoms in total. The number of amidine groups is 1. The minimum absolute atomic E-state index is 0.246. The Bertz CT molecular complexity index is 447. The number of nitrogens with one attached hydrogen (secondary N) is 1. The van der Waals surface area contributed by atoms with Gasteiger partial charge >= 0.3 is 5.97 Å². The van der Waals surface area contributed by atoms with Gasteiger partial charge in [0.15, 0.2) is 0 Å². The molecule has 0 amide bonds. The Kier molecular flexibility index (Phi) is 10.5. The summed E-state index contributed by atoms with van der Waals surface area (Å²) in [6.07, 6.45) is 1.64. The maximum absolute atomic E-state index is 10.7. The number of nitrogens with two attached hydrogens (primary N) is 2. The second-order valence-electron chi connectivity index (χ2n) is 5.31. The molecule has 1 aromatic rings. The van der Waals surface area contributed by atoms with E-state index in [-0.39, 0.29) is 6.42 Å². The van der Waals surface area contributed by atoms with E-state index in [0.29, 0.717) is 18.2 Å². The lowest BCUT2D eigenvalue weighted by atomic mass is 10.00. The Balaban J connectivity index is 0.000000425. The van der Waals surface area contributed by atoms with Crippen molar-refractivity contribution < 1.29 is 9.90 Å². The maximum atomic E-state index is 10.7. The first kappa shape index (κ1) is 19.9. The first-order valence-corrected chi connectivity index (χ1v) is 7.47. The Hall–Kier alpha value is -2.08. The van der Waals surface area contributed by atoms with Crippen LogP contribution >= 0.6 is 0 Å². The lowest BCUT2D eigenvalue weighted by Gasteiger charge is -2.11. The van der Waals surface area contributed by atoms with Crippen molar-refractivity contribution >= 4 is 11.8 Å². The van der Waals surface area contributed by atoms with Crippen molar-refractivity contribution in [3.8, 4) is 0 Å². The number of hydrogen-bond donors (Lipinski definition) is 4. The molecule has 1 unspecified atom stereocenters. The summed E-state index contributed by atoms with van der Waals surface area (Å²) in [6, 6.07) is 10.5. The number of benzene rings is 1. The number of hydrazone groups is 1. The molecule has 0 aliphatic heterocycles. The molecule has 0 heterocycles. The van der Waals surface area contributed by atoms with Crippen molar-refractivity contribution in [2.75, 3.05) is 0 Å². The second-order valence-corrected chi connectivity index (χ2v) is 5.31. The summed E-state index contributed by atoms with van der Waals surface area (Å²) in [6.45, 7) is 6.33. The smallest absolute Gasteiger partial charge is 0.306 e. The van der Waals surface area contributed by atoms with Crippen LogP contribution in [0.4, 0.5) is 0 Å². The fourth-order valence-corrected chi connectivity index (χ4v) is 1.88. The van der Waals surface area contributed by atoms with Gasteiger partial charge in [-0.05, 0) is 17.9 Å². The minimum Gasteiger partial charge on any atom is -0.481 e. The molecule has 1 aromatic carbocycles. The lowest BCUT2D eigenvalue weighted by molar-refractivity contribution is -0.141. The molecule has 0 aliphatic carbocycles. The molecule has 0 bridgehead atoms. The van der Waals surface area contributed by atoms with Gasteiger partial charge in [0.25, 0.3) is 0 Å². The van der Waals surface area contributed by atoms with Gasteiger partial charge in [-0.3, -0.25) is 4.79 Å². The van der Waals surface area contributed by atoms with Gasteiger partial charge in [0, 0.05) is 6.42 Å². The van der Waals surface area contributed by atoms with Gasteiger partial charge in [-0.15, -0.1) is 0 Å². The highest BCUT2D eigenvalue weighted by Gasteiger charge is 2.18. The average molecular weight is 308 g/mol. The summed E-state index contributed by atoms with van der Waals surface area (Å²) >= 11 is 0. The fourth-order valence-electron chi connectivity index (χ4n) is 1.88. The molecule has 0 spiro atoms. The van der Waals surface area contributed by atoms with E-state index in [4.69, 9.17) is 16.8 Å². The lowest BCUT2D eigenvalue weighted by Crippen LogP contribution is -2.34. The van der Waals surface area contributed by atoms with Crippen molar-refractivity contribution in [1.82, 2.24) is 5.43 Å². The van der Waals surface area contributed by atoms with Crippen molar-refractivity contribution in [2.24, 2.45) is 22.7 Å². The summed E-state index contributed by atoms with van der Waals surface area (Å²) < 4.78 is 0. The SMILES string of the molecule is CC(C)c1ccccc1.CCCC(C/C(=N/N)NN)C(=O)O. The Morgan fingerprint density at radius 3 is 2.23 bits per heavy atom. The van der Waals surface area contributed by atoms with Gasteiger partial charge in [-0.25, -0.2) is 5.84 Å². The van der Waals surface area contributed by atoms with Crippen LogP contribution in [0.25, 0.3) is 0 Å². The molecule has 0 fully saturated rings. The summed E-state index contributed by atoms with van der Waals surface area (Å²) in [7, 11) is 0. The standard InChI is InChI=1S/C9H12.C7H16N4O2/c1-8(2)9-6-4-3-5-7-9;1-2-3-5(7(12)13)4-6(10-8)11-9/h3-8H,1-2H3;5H,2-4,8-9H2,1H3,(H,10,11)(H,12,13). The maximum Gasteiger partial charge on any atom is 0.306 e. The van der Waals surface area contributed by atoms with Crippen LogP contribution < -0.4 is 17.1 Å². The molecule has 0 radical (unpaired) electrons. The Labute approximate surface area is 132 Å². The van der Waals surface area contributed by atoms with E-state index in [1.54, 1.807) is 0 Å². The molecule has 1 rings (SSSR count). The predicted molar refractivity (Wildman–Crippen MR) is 90.1 cm³/mol. The quantitative estimate of drug-likeness (QED) is 0.279. The number of rotatable bonds is 6. The largest absolute Gasteiger partial charge is 0.481 e. The topological polar surface area (TPSA) is 114 Å². The van der Waals surface area contributed by atoms with Crippen LogP contribution in [-0.4, -0.2) is 16.9 Å². The number of nitrogens with zero attached hydrogens (tertiary/aromatic N) is 1. The van der Waals surface area contributed by atoms with Crippen LogP contribution in [0.3, 0.4) is 0 Å². The molecule has 0 aromatic heterocycles. The fraction of sp³-hybridized carbons (Fsp3) is 0.500. The van der Waals surface area contributed by atoms with E-state index in [1.807, 2.05) is 13.0 Å². The van der Waals surface area contributed by atoms with E-state index in [9.17, 15) is 4.79 Å². The van der Waals surface area contributed by atoms with E-state index in [0.717, 1.165) is 6.42 Å². The summed E-state index contributed by atoms with van der Waals surface area (Å²) in [4.78, 5) is 10.7. The van der Waals surface area contributed by atoms with E-state index < -0.39 is 11.9 Å². The van der Waals surface area contributed by atoms with Crippen LogP contribution in [0.1, 0.15) is 51.5 Å². The average Bonchev–Trinajstić information content (AvgIpc) is 2.52. The van der Waals surface area contributed by atoms with Gasteiger partial charge in [-0.2, -0.15) is 5.10 Å². The molecule has 0 saturated heterocycles. The zero-order valence-corrected chi connectivity index (χ0v) is 13.6. The van der Waals surface area contributed by atoms with Crippen LogP contribution in [0, 0.1) is 5.92 Å². The number of carboxylic acids is 1. The minimum atomic E-state index is -0.849. The number of carbonyl (C=O) groups is 1. The van der Waals surface area contributed by atoms with Crippen LogP contribution in [-0.2, 0) is 4.79 Å². The van der Waals surface area contributed by atoms with Gasteiger partial charge in [-0.1, -0.05) is 57.5 Å². The molecule has 124 valence electrons. The first-order valence-electron chi connectivity index (χ1n) is 7.47. The Morgan fingerprint density at radius 1 is 1.32 bits per heavy atom. The van der Waals surface area contributed by atoms with Crippen molar-refractivity contribution in [2.45, 2.75) is 46.0 Å². The molecule has 22 heavy (non-hydrogen) atoms. The highest BCUT2D eigenvalue weighted by atomic mass is 16.4. The molecular weight excluding hydrogens is 280 g/mol. The van der Waals surface area contributed by atoms with Crippen molar-refractivity contribution in [3.63, 3.8) is 0 Å². The third-order valence-corrected chi connectivity index (χ3v) is 3.21. The van der Waals surface area contributed by atoms with Crippen LogP contribution in [0.5, 0.6) is 0 Å². The summed E-state index contributed by atoms with van der Waals surface area (Å²) in [5.74, 6) is 9.70. The number of hydrogen-bond acceptors (Lipinski definition) is 4. The van der Waals surface area contributed by atoms with Gasteiger partial charge in [0.1, 0.15) is 5.84 Å². The third kappa shape index (κ3) is 8.26. The first-order chi connectivity index (χ1) is 10.5. The zero-order valence-electron chi connectivity index (χ0n) is 13.6. The van der Waals surface area contributed by atoms with Crippen LogP contribution in [0.15, 0.2) is 35.4 Å². The zero-order chi connectivity index (χ0) is 17.0. The normalized spacial score (nSPS) is 12.3. The van der Waals surface area contributed by atoms with E-state index in [1.165, 1.54) is 5.56 Å². The molecule has 6 N–H and O–H groups in total. The molecule has 0 aliphatic rings. The number of hydrazine groups is 1. The van der Waals surface area contributed by atoms with Gasteiger partial charge in [0.2, 0.25) is 0 Å². The van der Waals surface area contributed by atoms with E-state index in [2.05, 4.69) is 48.6 Å². The van der Waals surface area contributed by atoms with Gasteiger partial charge in [0.05, 0.1) is 5.92 Å². The summed E-state index contributed by atoms with van der Waals surface area (Å²) in [5, 5.41) is 12.1. The second kappa shape index (κ2) is 11.6. The molecular formula is C16H28N4O2. The third-order valence-electron chi connectivity index (χ3n) is 3.21. The number of aliphatic carboxylic acids is 1. The monoisotopic (exact) mass is 308 g/mol. The van der Waals surface area contributed by atoms with Crippen molar-refractivity contribution in [3.05, 3.63) is 35.9 Å². The van der Waals surface area contributed by atoms with Gasteiger partial charge < -0.3 is 16.4 Å². The summed E-state index contributed by atoms with van der Waals surface area (Å²) in [5.41, 5.74) is 3.67. The molecule has 0 saturated carbocycles.